The molecule has 0 saturated carbocycles. The molecule has 0 bridgehead atoms. The Morgan fingerprint density at radius 2 is 1.10 bits per heavy atom. The van der Waals surface area contributed by atoms with E-state index in [0.717, 1.165) is 51.4 Å². The van der Waals surface area contributed by atoms with Crippen LogP contribution in [-0.4, -0.2) is 73.4 Å². The average molecular weight is 728 g/mol. The number of unbranched alkanes of at least 4 members (excludes halogenated alkanes) is 19. The fraction of sp³-hybridized carbons (Fsp3) is 0.829. The first kappa shape index (κ1) is 48.7. The first-order chi connectivity index (χ1) is 24.0. The van der Waals surface area contributed by atoms with Crippen molar-refractivity contribution in [2.24, 2.45) is 0 Å². The Morgan fingerprint density at radius 3 is 1.60 bits per heavy atom. The van der Waals surface area contributed by atoms with Crippen LogP contribution in [0.25, 0.3) is 0 Å². The standard InChI is InChI=1S/C41H79N2O6P/c1-6-8-10-12-14-16-18-20-21-23-25-27-29-31-33-35-41(45)42-39(38-49-50(46,47)48-37-36-43(3,4)5)40(44)34-32-30-28-26-24-22-19-17-15-13-11-9-7-2/h15,17,24,26,32,34,39-40,44H,6-14,16,18-23,25,27-31,33,35-38H2,1-5H3,(H-,42,45,46,47)/p+1/b17-15+,26-24+,34-32+. The topological polar surface area (TPSA) is 105 Å². The highest BCUT2D eigenvalue weighted by molar-refractivity contribution is 7.47. The van der Waals surface area contributed by atoms with E-state index in [1.54, 1.807) is 6.08 Å². The van der Waals surface area contributed by atoms with Gasteiger partial charge in [-0.05, 0) is 44.9 Å². The summed E-state index contributed by atoms with van der Waals surface area (Å²) in [5.74, 6) is -0.193. The van der Waals surface area contributed by atoms with E-state index in [1.165, 1.54) is 96.3 Å². The molecule has 0 radical (unpaired) electrons. The van der Waals surface area contributed by atoms with Crippen LogP contribution >= 0.6 is 7.82 Å². The number of nitrogens with one attached hydrogen (secondary N) is 1. The van der Waals surface area contributed by atoms with Crippen LogP contribution in [0.4, 0.5) is 0 Å². The number of phosphoric ester groups is 1. The van der Waals surface area contributed by atoms with Gasteiger partial charge in [-0.1, -0.05) is 153 Å². The molecule has 0 aliphatic rings. The number of phosphoric acid groups is 1. The summed E-state index contributed by atoms with van der Waals surface area (Å²) in [5.41, 5.74) is 0. The van der Waals surface area contributed by atoms with Gasteiger partial charge < -0.3 is 19.8 Å². The third-order valence-corrected chi connectivity index (χ3v) is 9.82. The summed E-state index contributed by atoms with van der Waals surface area (Å²) in [5, 5.41) is 13.7. The van der Waals surface area contributed by atoms with Gasteiger partial charge in [0.05, 0.1) is 39.9 Å². The number of quaternary nitrogens is 1. The van der Waals surface area contributed by atoms with Crippen molar-refractivity contribution < 1.29 is 32.9 Å². The number of hydrogen-bond donors (Lipinski definition) is 3. The number of aliphatic hydroxyl groups excluding tert-OH is 1. The lowest BCUT2D eigenvalue weighted by Crippen LogP contribution is -2.45. The Bertz CT molecular complexity index is 917. The van der Waals surface area contributed by atoms with E-state index < -0.39 is 20.0 Å². The Kier molecular flexibility index (Phi) is 32.7. The van der Waals surface area contributed by atoms with Crippen molar-refractivity contribution in [3.63, 3.8) is 0 Å². The molecule has 3 atom stereocenters. The van der Waals surface area contributed by atoms with Crippen molar-refractivity contribution in [2.45, 2.75) is 180 Å². The minimum Gasteiger partial charge on any atom is -0.387 e. The van der Waals surface area contributed by atoms with Crippen molar-refractivity contribution in [1.82, 2.24) is 5.32 Å². The van der Waals surface area contributed by atoms with Crippen LogP contribution in [0.15, 0.2) is 36.5 Å². The van der Waals surface area contributed by atoms with Gasteiger partial charge in [0.2, 0.25) is 5.91 Å². The van der Waals surface area contributed by atoms with E-state index in [0.29, 0.717) is 17.4 Å². The second-order valence-electron chi connectivity index (χ2n) is 15.0. The molecule has 3 N–H and O–H groups in total. The molecule has 9 heteroatoms. The first-order valence-corrected chi connectivity index (χ1v) is 21.9. The number of nitrogens with zero attached hydrogens (tertiary/aromatic N) is 1. The van der Waals surface area contributed by atoms with E-state index in [9.17, 15) is 19.4 Å². The van der Waals surface area contributed by atoms with Gasteiger partial charge in [-0.15, -0.1) is 0 Å². The smallest absolute Gasteiger partial charge is 0.387 e. The van der Waals surface area contributed by atoms with Crippen LogP contribution < -0.4 is 5.32 Å². The lowest BCUT2D eigenvalue weighted by atomic mass is 10.0. The number of carbonyl (C=O) groups is 1. The third-order valence-electron chi connectivity index (χ3n) is 8.84. The summed E-state index contributed by atoms with van der Waals surface area (Å²) in [6.45, 7) is 4.74. The van der Waals surface area contributed by atoms with E-state index in [-0.39, 0.29) is 19.1 Å². The van der Waals surface area contributed by atoms with Gasteiger partial charge in [-0.25, -0.2) is 4.57 Å². The van der Waals surface area contributed by atoms with Gasteiger partial charge in [0, 0.05) is 6.42 Å². The van der Waals surface area contributed by atoms with Gasteiger partial charge in [0.15, 0.2) is 0 Å². The summed E-state index contributed by atoms with van der Waals surface area (Å²) in [4.78, 5) is 23.0. The summed E-state index contributed by atoms with van der Waals surface area (Å²) in [7, 11) is 1.54. The highest BCUT2D eigenvalue weighted by Gasteiger charge is 2.27. The maximum Gasteiger partial charge on any atom is 0.472 e. The molecule has 3 unspecified atom stereocenters. The normalized spacial score (nSPS) is 14.9. The molecule has 0 aromatic rings. The Balaban J connectivity index is 4.54. The van der Waals surface area contributed by atoms with Crippen LogP contribution in [0.5, 0.6) is 0 Å². The average Bonchev–Trinajstić information content (AvgIpc) is 3.06. The quantitative estimate of drug-likeness (QED) is 0.0257. The molecule has 0 aliphatic carbocycles. The molecule has 294 valence electrons. The molecule has 0 saturated heterocycles. The predicted octanol–water partition coefficient (Wildman–Crippen LogP) is 10.7. The maximum absolute atomic E-state index is 12.8. The summed E-state index contributed by atoms with van der Waals surface area (Å²) in [6, 6.07) is -0.864. The molecule has 0 spiro atoms. The van der Waals surface area contributed by atoms with Gasteiger partial charge in [0.25, 0.3) is 0 Å². The first-order valence-electron chi connectivity index (χ1n) is 20.4. The Labute approximate surface area is 308 Å². The number of rotatable bonds is 36. The minimum absolute atomic E-state index is 0.0543. The van der Waals surface area contributed by atoms with Gasteiger partial charge in [-0.2, -0.15) is 0 Å². The van der Waals surface area contributed by atoms with E-state index in [4.69, 9.17) is 9.05 Å². The fourth-order valence-corrected chi connectivity index (χ4v) is 6.28. The minimum atomic E-state index is -4.34. The number of hydrogen-bond acceptors (Lipinski definition) is 5. The van der Waals surface area contributed by atoms with Crippen molar-refractivity contribution in [2.75, 3.05) is 40.9 Å². The second-order valence-corrected chi connectivity index (χ2v) is 16.5. The summed E-state index contributed by atoms with van der Waals surface area (Å²) in [6.07, 6.45) is 39.2. The molecule has 0 aromatic carbocycles. The van der Waals surface area contributed by atoms with Crippen molar-refractivity contribution in [3.05, 3.63) is 36.5 Å². The fourth-order valence-electron chi connectivity index (χ4n) is 5.54. The lowest BCUT2D eigenvalue weighted by Gasteiger charge is -2.25. The highest BCUT2D eigenvalue weighted by Crippen LogP contribution is 2.43. The van der Waals surface area contributed by atoms with Crippen LogP contribution in [0.1, 0.15) is 168 Å². The number of aliphatic hydroxyl groups is 1. The predicted molar refractivity (Wildman–Crippen MR) is 212 cm³/mol. The zero-order chi connectivity index (χ0) is 37.2. The van der Waals surface area contributed by atoms with E-state index in [1.807, 2.05) is 27.2 Å². The molecular weight excluding hydrogens is 647 g/mol. The molecule has 0 heterocycles. The zero-order valence-electron chi connectivity index (χ0n) is 33.1. The van der Waals surface area contributed by atoms with Crippen LogP contribution in [0.3, 0.4) is 0 Å². The summed E-state index contributed by atoms with van der Waals surface area (Å²) < 4.78 is 23.5. The second kappa shape index (κ2) is 33.5. The van der Waals surface area contributed by atoms with Crippen molar-refractivity contribution in [1.29, 1.82) is 0 Å². The molecule has 50 heavy (non-hydrogen) atoms. The van der Waals surface area contributed by atoms with Crippen LogP contribution in [0.2, 0.25) is 0 Å². The van der Waals surface area contributed by atoms with Gasteiger partial charge in [0.1, 0.15) is 13.2 Å². The molecule has 1 amide bonds. The van der Waals surface area contributed by atoms with Gasteiger partial charge in [-0.3, -0.25) is 13.8 Å². The highest BCUT2D eigenvalue weighted by atomic mass is 31.2. The molecular formula is C41H80N2O6P+. The van der Waals surface area contributed by atoms with Gasteiger partial charge >= 0.3 is 7.82 Å². The van der Waals surface area contributed by atoms with Crippen molar-refractivity contribution in [3.8, 4) is 0 Å². The molecule has 0 aromatic heterocycles. The lowest BCUT2D eigenvalue weighted by molar-refractivity contribution is -0.870. The van der Waals surface area contributed by atoms with E-state index >= 15 is 0 Å². The monoisotopic (exact) mass is 728 g/mol. The van der Waals surface area contributed by atoms with Crippen LogP contribution in [-0.2, 0) is 18.4 Å². The number of carbonyl (C=O) groups excluding carboxylic acids is 1. The Hall–Kier alpha value is -1.28. The molecule has 0 rings (SSSR count). The van der Waals surface area contributed by atoms with E-state index in [2.05, 4.69) is 43.5 Å². The third kappa shape index (κ3) is 35.1. The number of amides is 1. The van der Waals surface area contributed by atoms with Crippen LogP contribution in [0, 0.1) is 0 Å². The Morgan fingerprint density at radius 1 is 0.660 bits per heavy atom. The largest absolute Gasteiger partial charge is 0.472 e. The maximum atomic E-state index is 12.8. The SMILES string of the molecule is CCCCC/C=C/CC/C=C/CC/C=C/C(O)C(COP(=O)(O)OCC[N+](C)(C)C)NC(=O)CCCCCCCCCCCCCCCCC. The number of likely N-dealkylation sites (N-methyl/N-ethyl adjacent to an activating group) is 1. The zero-order valence-corrected chi connectivity index (χ0v) is 34.0. The molecule has 0 aliphatic heterocycles. The molecule has 0 fully saturated rings. The summed E-state index contributed by atoms with van der Waals surface area (Å²) >= 11 is 0. The number of allylic oxidation sites excluding steroid dienone is 5. The molecule has 8 nitrogen and oxygen atoms in total. The van der Waals surface area contributed by atoms with Crippen molar-refractivity contribution >= 4 is 13.7 Å².